The van der Waals surface area contributed by atoms with E-state index in [0.29, 0.717) is 5.69 Å². The minimum Gasteiger partial charge on any atom is -0.481 e. The van der Waals surface area contributed by atoms with Crippen LogP contribution in [-0.2, 0) is 11.2 Å². The van der Waals surface area contributed by atoms with E-state index in [1.807, 2.05) is 32.0 Å². The summed E-state index contributed by atoms with van der Waals surface area (Å²) in [5, 5.41) is 15.5. The van der Waals surface area contributed by atoms with Gasteiger partial charge < -0.3 is 5.11 Å². The molecule has 0 fully saturated rings. The average Bonchev–Trinajstić information content (AvgIpc) is 2.69. The van der Waals surface area contributed by atoms with Crippen LogP contribution in [0.2, 0.25) is 0 Å². The number of benzene rings is 1. The summed E-state index contributed by atoms with van der Waals surface area (Å²) < 4.78 is 0. The first-order valence-corrected chi connectivity index (χ1v) is 5.39. The maximum Gasteiger partial charge on any atom is 0.309 e. The molecule has 0 aliphatic rings. The number of aromatic nitrogens is 2. The zero-order valence-corrected chi connectivity index (χ0v) is 9.82. The van der Waals surface area contributed by atoms with Crippen molar-refractivity contribution >= 4 is 5.97 Å². The third kappa shape index (κ3) is 2.36. The fraction of sp³-hybridized carbons (Fsp3) is 0.231. The Balaban J connectivity index is 2.49. The van der Waals surface area contributed by atoms with E-state index in [2.05, 4.69) is 10.2 Å². The fourth-order valence-corrected chi connectivity index (χ4v) is 1.86. The largest absolute Gasteiger partial charge is 0.481 e. The van der Waals surface area contributed by atoms with Gasteiger partial charge in [0.05, 0.1) is 18.3 Å². The van der Waals surface area contributed by atoms with Crippen LogP contribution in [-0.4, -0.2) is 21.3 Å². The smallest absolute Gasteiger partial charge is 0.309 e. The fourth-order valence-electron chi connectivity index (χ4n) is 1.86. The molecule has 1 aromatic carbocycles. The first-order valence-electron chi connectivity index (χ1n) is 5.39. The highest BCUT2D eigenvalue weighted by atomic mass is 16.4. The molecule has 0 saturated heterocycles. The van der Waals surface area contributed by atoms with Gasteiger partial charge in [-0.3, -0.25) is 9.89 Å². The van der Waals surface area contributed by atoms with Gasteiger partial charge in [-0.1, -0.05) is 23.8 Å². The Labute approximate surface area is 99.3 Å². The normalized spacial score (nSPS) is 10.5. The number of hydrogen-bond acceptors (Lipinski definition) is 2. The van der Waals surface area contributed by atoms with Gasteiger partial charge >= 0.3 is 5.97 Å². The number of carboxylic acid groups (broad SMARTS) is 1. The molecule has 2 rings (SSSR count). The molecule has 1 aromatic heterocycles. The van der Waals surface area contributed by atoms with Crippen molar-refractivity contribution in [3.8, 4) is 11.1 Å². The van der Waals surface area contributed by atoms with Gasteiger partial charge in [0.25, 0.3) is 0 Å². The maximum absolute atomic E-state index is 10.8. The van der Waals surface area contributed by atoms with Crippen molar-refractivity contribution in [1.29, 1.82) is 0 Å². The number of rotatable bonds is 3. The molecule has 0 amide bonds. The number of carboxylic acids is 1. The predicted molar refractivity (Wildman–Crippen MR) is 64.8 cm³/mol. The quantitative estimate of drug-likeness (QED) is 0.850. The Kier molecular flexibility index (Phi) is 2.95. The number of nitrogens with one attached hydrogen (secondary N) is 1. The van der Waals surface area contributed by atoms with E-state index in [1.165, 1.54) is 0 Å². The average molecular weight is 230 g/mol. The van der Waals surface area contributed by atoms with Gasteiger partial charge in [0, 0.05) is 5.56 Å². The highest BCUT2D eigenvalue weighted by Gasteiger charge is 2.12. The van der Waals surface area contributed by atoms with E-state index >= 15 is 0 Å². The van der Waals surface area contributed by atoms with Gasteiger partial charge in [0.15, 0.2) is 0 Å². The molecule has 0 bridgehead atoms. The Morgan fingerprint density at radius 3 is 2.82 bits per heavy atom. The molecule has 4 nitrogen and oxygen atoms in total. The third-order valence-electron chi connectivity index (χ3n) is 2.73. The van der Waals surface area contributed by atoms with Crippen LogP contribution in [0.4, 0.5) is 0 Å². The maximum atomic E-state index is 10.8. The highest BCUT2D eigenvalue weighted by molar-refractivity contribution is 5.76. The lowest BCUT2D eigenvalue weighted by Gasteiger charge is -2.06. The van der Waals surface area contributed by atoms with E-state index in [4.69, 9.17) is 5.11 Å². The summed E-state index contributed by atoms with van der Waals surface area (Å²) >= 11 is 0. The van der Waals surface area contributed by atoms with Crippen LogP contribution in [0.5, 0.6) is 0 Å². The molecule has 17 heavy (non-hydrogen) atoms. The standard InChI is InChI=1S/C13H14N2O2/c1-8-3-4-9(2)10(5-8)11-7-14-15-12(11)6-13(16)17/h3-5,7H,6H2,1-2H3,(H,14,15)(H,16,17). The number of aryl methyl sites for hydroxylation is 2. The minimum absolute atomic E-state index is 0.0390. The van der Waals surface area contributed by atoms with Crippen LogP contribution in [0, 0.1) is 13.8 Å². The summed E-state index contributed by atoms with van der Waals surface area (Å²) in [6.07, 6.45) is 1.64. The lowest BCUT2D eigenvalue weighted by atomic mass is 9.98. The van der Waals surface area contributed by atoms with Crippen molar-refractivity contribution in [2.75, 3.05) is 0 Å². The van der Waals surface area contributed by atoms with Gasteiger partial charge in [-0.15, -0.1) is 0 Å². The second-order valence-electron chi connectivity index (χ2n) is 4.15. The number of aromatic amines is 1. The van der Waals surface area contributed by atoms with E-state index in [-0.39, 0.29) is 6.42 Å². The molecular formula is C13H14N2O2. The Bertz CT molecular complexity index is 558. The van der Waals surface area contributed by atoms with Crippen molar-refractivity contribution in [3.63, 3.8) is 0 Å². The second kappa shape index (κ2) is 4.41. The molecule has 0 aliphatic carbocycles. The molecule has 1 heterocycles. The summed E-state index contributed by atoms with van der Waals surface area (Å²) in [5.74, 6) is -0.860. The molecule has 0 aliphatic heterocycles. The highest BCUT2D eigenvalue weighted by Crippen LogP contribution is 2.26. The summed E-state index contributed by atoms with van der Waals surface area (Å²) in [7, 11) is 0. The van der Waals surface area contributed by atoms with Crippen LogP contribution in [0.3, 0.4) is 0 Å². The molecule has 0 radical (unpaired) electrons. The van der Waals surface area contributed by atoms with Crippen molar-refractivity contribution in [2.45, 2.75) is 20.3 Å². The van der Waals surface area contributed by atoms with Crippen molar-refractivity contribution in [2.24, 2.45) is 0 Å². The summed E-state index contributed by atoms with van der Waals surface area (Å²) in [6, 6.07) is 6.11. The molecule has 0 spiro atoms. The molecule has 88 valence electrons. The molecule has 0 saturated carbocycles. The number of carbonyl (C=O) groups is 1. The Morgan fingerprint density at radius 2 is 2.12 bits per heavy atom. The Hall–Kier alpha value is -2.10. The number of nitrogens with zero attached hydrogens (tertiary/aromatic N) is 1. The molecule has 2 N–H and O–H groups in total. The van der Waals surface area contributed by atoms with Crippen LogP contribution in [0.1, 0.15) is 16.8 Å². The van der Waals surface area contributed by atoms with Gasteiger partial charge in [0.2, 0.25) is 0 Å². The third-order valence-corrected chi connectivity index (χ3v) is 2.73. The van der Waals surface area contributed by atoms with E-state index in [9.17, 15) is 4.79 Å². The van der Waals surface area contributed by atoms with Gasteiger partial charge in [-0.05, 0) is 25.0 Å². The zero-order chi connectivity index (χ0) is 12.4. The van der Waals surface area contributed by atoms with Crippen molar-refractivity contribution < 1.29 is 9.90 Å². The number of aliphatic carboxylic acids is 1. The SMILES string of the molecule is Cc1ccc(C)c(-c2cn[nH]c2CC(=O)O)c1. The van der Waals surface area contributed by atoms with Gasteiger partial charge in [0.1, 0.15) is 0 Å². The van der Waals surface area contributed by atoms with Crippen molar-refractivity contribution in [1.82, 2.24) is 10.2 Å². The summed E-state index contributed by atoms with van der Waals surface area (Å²) in [5.41, 5.74) is 4.81. The lowest BCUT2D eigenvalue weighted by Crippen LogP contribution is -2.02. The summed E-state index contributed by atoms with van der Waals surface area (Å²) in [6.45, 7) is 4.02. The molecule has 2 aromatic rings. The van der Waals surface area contributed by atoms with Gasteiger partial charge in [-0.2, -0.15) is 5.10 Å². The topological polar surface area (TPSA) is 66.0 Å². The molecular weight excluding hydrogens is 216 g/mol. The van der Waals surface area contributed by atoms with Gasteiger partial charge in [-0.25, -0.2) is 0 Å². The van der Waals surface area contributed by atoms with Crippen molar-refractivity contribution in [3.05, 3.63) is 41.2 Å². The first-order chi connectivity index (χ1) is 8.08. The van der Waals surface area contributed by atoms with E-state index < -0.39 is 5.97 Å². The molecule has 0 unspecified atom stereocenters. The second-order valence-corrected chi connectivity index (χ2v) is 4.15. The predicted octanol–water partition coefficient (Wildman–Crippen LogP) is 2.32. The molecule has 4 heteroatoms. The van der Waals surface area contributed by atoms with Crippen LogP contribution in [0.25, 0.3) is 11.1 Å². The van der Waals surface area contributed by atoms with Crippen LogP contribution < -0.4 is 0 Å². The first kappa shape index (κ1) is 11.4. The van der Waals surface area contributed by atoms with E-state index in [0.717, 1.165) is 22.3 Å². The number of hydrogen-bond donors (Lipinski definition) is 2. The minimum atomic E-state index is -0.860. The zero-order valence-electron chi connectivity index (χ0n) is 9.82. The Morgan fingerprint density at radius 1 is 1.35 bits per heavy atom. The van der Waals surface area contributed by atoms with Crippen LogP contribution >= 0.6 is 0 Å². The number of H-pyrrole nitrogens is 1. The van der Waals surface area contributed by atoms with E-state index in [1.54, 1.807) is 6.20 Å². The lowest BCUT2D eigenvalue weighted by molar-refractivity contribution is -0.136. The monoisotopic (exact) mass is 230 g/mol. The van der Waals surface area contributed by atoms with Crippen LogP contribution in [0.15, 0.2) is 24.4 Å². The molecule has 0 atom stereocenters. The summed E-state index contributed by atoms with van der Waals surface area (Å²) in [4.78, 5) is 10.8.